The number of methoxy groups -OCH3 is 2. The van der Waals surface area contributed by atoms with E-state index in [0.29, 0.717) is 60.6 Å². The largest absolute Gasteiger partial charge is 0.512 e. The number of aromatic nitrogens is 2. The normalized spacial score (nSPS) is 17.3. The van der Waals surface area contributed by atoms with Gasteiger partial charge in [0.25, 0.3) is 11.8 Å². The highest BCUT2D eigenvalue weighted by Crippen LogP contribution is 2.42. The number of hydrogen-bond acceptors (Lipinski definition) is 10. The number of allylic oxidation sites excluding steroid dienone is 2. The summed E-state index contributed by atoms with van der Waals surface area (Å²) in [6.45, 7) is 4.42. The summed E-state index contributed by atoms with van der Waals surface area (Å²) in [6, 6.07) is 34.7. The number of nitrogens with one attached hydrogen (secondary N) is 3. The summed E-state index contributed by atoms with van der Waals surface area (Å²) >= 11 is 0. The molecule has 348 valence electrons. The van der Waals surface area contributed by atoms with Crippen molar-refractivity contribution < 1.29 is 29.0 Å². The van der Waals surface area contributed by atoms with Crippen molar-refractivity contribution in [2.75, 3.05) is 60.4 Å². The minimum atomic E-state index is -0.452. The topological polar surface area (TPSA) is 196 Å². The molecular formula is C52H64N8O6. The molecule has 0 bridgehead atoms. The van der Waals surface area contributed by atoms with Crippen molar-refractivity contribution in [3.8, 4) is 11.5 Å². The van der Waals surface area contributed by atoms with Gasteiger partial charge in [-0.05, 0) is 86.9 Å². The first-order chi connectivity index (χ1) is 31.5. The highest BCUT2D eigenvalue weighted by Gasteiger charge is 2.40. The van der Waals surface area contributed by atoms with Gasteiger partial charge in [-0.25, -0.2) is 9.97 Å². The molecule has 2 aliphatic rings. The number of carbonyl (C=O) groups is 3. The van der Waals surface area contributed by atoms with Crippen LogP contribution < -0.4 is 30.7 Å². The Morgan fingerprint density at radius 1 is 0.712 bits per heavy atom. The number of guanidine groups is 1. The second-order valence-corrected chi connectivity index (χ2v) is 17.1. The van der Waals surface area contributed by atoms with E-state index in [2.05, 4.69) is 41.8 Å². The molecule has 1 heterocycles. The molecule has 1 aromatic heterocycles. The Labute approximate surface area is 388 Å². The molecule has 66 heavy (non-hydrogen) atoms. The van der Waals surface area contributed by atoms with Crippen molar-refractivity contribution in [1.29, 1.82) is 5.41 Å². The molecule has 5 aromatic rings. The molecule has 4 aromatic carbocycles. The number of nitrogens with zero attached hydrogens (tertiary/aromatic N) is 4. The van der Waals surface area contributed by atoms with Gasteiger partial charge in [-0.2, -0.15) is 0 Å². The number of ether oxygens (including phenoxy) is 2. The molecule has 7 rings (SSSR count). The van der Waals surface area contributed by atoms with Crippen LogP contribution in [0.5, 0.6) is 11.5 Å². The van der Waals surface area contributed by atoms with E-state index in [1.165, 1.54) is 30.1 Å². The zero-order valence-corrected chi connectivity index (χ0v) is 39.4. The van der Waals surface area contributed by atoms with Crippen LogP contribution in [0.3, 0.4) is 0 Å². The Kier molecular flexibility index (Phi) is 17.1. The quantitative estimate of drug-likeness (QED) is 0.0633. The second-order valence-electron chi connectivity index (χ2n) is 17.1. The summed E-state index contributed by atoms with van der Waals surface area (Å²) in [7, 11) is 10.5. The van der Waals surface area contributed by atoms with E-state index in [1.807, 2.05) is 79.7 Å². The molecule has 0 aliphatic heterocycles. The highest BCUT2D eigenvalue weighted by molar-refractivity contribution is 5.98. The first-order valence-electron chi connectivity index (χ1n) is 21.9. The molecule has 14 heteroatoms. The van der Waals surface area contributed by atoms with Crippen LogP contribution >= 0.6 is 0 Å². The van der Waals surface area contributed by atoms with Gasteiger partial charge in [-0.3, -0.25) is 19.8 Å². The van der Waals surface area contributed by atoms with Crippen LogP contribution in [0, 0.1) is 12.3 Å². The smallest absolute Gasteiger partial charge is 0.255 e. The number of nitrogens with two attached hydrogens (primary N) is 1. The minimum Gasteiger partial charge on any atom is -0.512 e. The summed E-state index contributed by atoms with van der Waals surface area (Å²) in [5.74, 6) is 1.61. The van der Waals surface area contributed by atoms with Crippen molar-refractivity contribution in [3.05, 3.63) is 160 Å². The molecule has 2 amide bonds. The molecule has 2 aliphatic carbocycles. The van der Waals surface area contributed by atoms with Crippen molar-refractivity contribution in [2.45, 2.75) is 63.2 Å². The van der Waals surface area contributed by atoms with Crippen molar-refractivity contribution in [2.24, 2.45) is 5.73 Å². The number of aliphatic hydroxyl groups excluding tert-OH is 1. The number of aryl methyl sites for hydroxylation is 2. The molecule has 6 N–H and O–H groups in total. The van der Waals surface area contributed by atoms with Crippen LogP contribution in [0.1, 0.15) is 81.4 Å². The standard InChI is InChI=1S/C26H30N4O2.C23H25NO4.C3H9N3/c1-18-21-16-26(19-10-6-5-7-11-19,15-14-22(21)29-25(28-18)30(2)3)17-27-24(31)20-12-8-9-13-23(20)32-4;1-16(25)19-14-23(13-12-20(19)26,17-8-4-3-5-9-17)15-24-22(27)18-10-6-7-11-21(18)28-2;1-6(2)3(4)5/h5-13H,14-17H2,1-4H3,(H,27,31);3-11,26H,12-15H2,1-2H3,(H,24,27);1-2H3,(H3,4,5). The predicted octanol–water partition coefficient (Wildman–Crippen LogP) is 7.11. The van der Waals surface area contributed by atoms with Crippen LogP contribution in [0.15, 0.2) is 121 Å². The molecular weight excluding hydrogens is 833 g/mol. The molecule has 0 fully saturated rings. The van der Waals surface area contributed by atoms with E-state index in [-0.39, 0.29) is 34.7 Å². The van der Waals surface area contributed by atoms with E-state index in [1.54, 1.807) is 45.5 Å². The van der Waals surface area contributed by atoms with Gasteiger partial charge < -0.3 is 40.7 Å². The maximum absolute atomic E-state index is 13.1. The van der Waals surface area contributed by atoms with Gasteiger partial charge in [0.1, 0.15) is 11.5 Å². The van der Waals surface area contributed by atoms with Crippen molar-refractivity contribution >= 4 is 29.5 Å². The lowest BCUT2D eigenvalue weighted by atomic mass is 9.68. The summed E-state index contributed by atoms with van der Waals surface area (Å²) < 4.78 is 10.7. The second kappa shape index (κ2) is 22.6. The zero-order valence-electron chi connectivity index (χ0n) is 39.4. The van der Waals surface area contributed by atoms with E-state index in [4.69, 9.17) is 30.6 Å². The third kappa shape index (κ3) is 12.1. The first kappa shape index (κ1) is 49.8. The fourth-order valence-corrected chi connectivity index (χ4v) is 8.36. The van der Waals surface area contributed by atoms with E-state index < -0.39 is 5.41 Å². The summed E-state index contributed by atoms with van der Waals surface area (Å²) in [4.78, 5) is 50.9. The Morgan fingerprint density at radius 3 is 1.59 bits per heavy atom. The van der Waals surface area contributed by atoms with Gasteiger partial charge in [0.2, 0.25) is 5.95 Å². The first-order valence-corrected chi connectivity index (χ1v) is 21.9. The number of ketones is 1. The number of rotatable bonds is 12. The molecule has 0 radical (unpaired) electrons. The average Bonchev–Trinajstić information content (AvgIpc) is 3.33. The van der Waals surface area contributed by atoms with Crippen LogP contribution in [-0.2, 0) is 28.5 Å². The number of para-hydroxylation sites is 2. The Bertz CT molecular complexity index is 2510. The van der Waals surface area contributed by atoms with E-state index >= 15 is 0 Å². The van der Waals surface area contributed by atoms with Crippen LogP contribution in [0.2, 0.25) is 0 Å². The Hall–Kier alpha value is -7.22. The number of carbonyl (C=O) groups excluding carboxylic acids is 3. The lowest BCUT2D eigenvalue weighted by molar-refractivity contribution is -0.114. The molecule has 0 spiro atoms. The van der Waals surface area contributed by atoms with Crippen LogP contribution in [0.25, 0.3) is 0 Å². The highest BCUT2D eigenvalue weighted by atomic mass is 16.5. The van der Waals surface area contributed by atoms with Crippen molar-refractivity contribution in [1.82, 2.24) is 25.5 Å². The predicted molar refractivity (Wildman–Crippen MR) is 260 cm³/mol. The summed E-state index contributed by atoms with van der Waals surface area (Å²) in [6.07, 6.45) is 3.99. The van der Waals surface area contributed by atoms with Crippen LogP contribution in [-0.4, -0.2) is 99.0 Å². The van der Waals surface area contributed by atoms with E-state index in [9.17, 15) is 19.5 Å². The van der Waals surface area contributed by atoms with Gasteiger partial charge in [0.05, 0.1) is 31.1 Å². The SMILES string of the molecule is CN(C)C(=N)N.COc1ccccc1C(=O)NCC1(c2ccccc2)CCC(O)=C(C(C)=O)C1.COc1ccccc1C(=O)NCC1(c2ccccc2)CCc2nc(N(C)C)nc(C)c2C1. The number of Topliss-reactive ketones (excluding diaryl/α,β-unsaturated/α-hetero) is 1. The van der Waals surface area contributed by atoms with E-state index in [0.717, 1.165) is 42.2 Å². The average molecular weight is 897 g/mol. The third-order valence-corrected chi connectivity index (χ3v) is 12.3. The fraction of sp³-hybridized carbons (Fsp3) is 0.346. The lowest BCUT2D eigenvalue weighted by Gasteiger charge is -2.39. The molecule has 2 atom stereocenters. The van der Waals surface area contributed by atoms with Gasteiger partial charge in [-0.15, -0.1) is 0 Å². The minimum absolute atomic E-state index is 0.0926. The number of aliphatic hydroxyl groups is 1. The zero-order chi connectivity index (χ0) is 48.0. The molecule has 0 saturated heterocycles. The maximum Gasteiger partial charge on any atom is 0.255 e. The van der Waals surface area contributed by atoms with Gasteiger partial charge in [0.15, 0.2) is 11.7 Å². The van der Waals surface area contributed by atoms with Crippen LogP contribution in [0.4, 0.5) is 5.95 Å². The van der Waals surface area contributed by atoms with Gasteiger partial charge >= 0.3 is 0 Å². The molecule has 2 unspecified atom stereocenters. The number of amides is 2. The number of fused-ring (bicyclic) bond motifs is 1. The lowest BCUT2D eigenvalue weighted by Crippen LogP contribution is -2.45. The van der Waals surface area contributed by atoms with Gasteiger partial charge in [0, 0.05) is 75.5 Å². The monoisotopic (exact) mass is 896 g/mol. The number of benzene rings is 4. The Balaban J connectivity index is 0.000000222. The van der Waals surface area contributed by atoms with Gasteiger partial charge in [-0.1, -0.05) is 84.9 Å². The number of anilines is 1. The number of hydrogen-bond donors (Lipinski definition) is 5. The fourth-order valence-electron chi connectivity index (χ4n) is 8.36. The third-order valence-electron chi connectivity index (χ3n) is 12.3. The maximum atomic E-state index is 13.1. The van der Waals surface area contributed by atoms with Crippen molar-refractivity contribution in [3.63, 3.8) is 0 Å². The molecule has 0 saturated carbocycles. The Morgan fingerprint density at radius 2 is 1.15 bits per heavy atom. The summed E-state index contributed by atoms with van der Waals surface area (Å²) in [5.41, 5.74) is 11.3. The summed E-state index contributed by atoms with van der Waals surface area (Å²) in [5, 5.41) is 23.1. The molecule has 14 nitrogen and oxygen atoms in total.